The van der Waals surface area contributed by atoms with Crippen LogP contribution in [0, 0.1) is 0 Å². The topological polar surface area (TPSA) is 67.8 Å². The Balaban J connectivity index is 1.80. The normalized spacial score (nSPS) is 14.2. The molecule has 1 aliphatic carbocycles. The van der Waals surface area contributed by atoms with E-state index in [1.807, 2.05) is 0 Å². The van der Waals surface area contributed by atoms with E-state index in [2.05, 4.69) is 9.97 Å². The summed E-state index contributed by atoms with van der Waals surface area (Å²) in [5.74, 6) is 0.111. The Hall–Kier alpha value is -2.13. The van der Waals surface area contributed by atoms with Crippen LogP contribution in [-0.4, -0.2) is 14.5 Å². The molecule has 0 spiro atoms. The predicted octanol–water partition coefficient (Wildman–Crippen LogP) is 3.36. The predicted molar refractivity (Wildman–Crippen MR) is 92.1 cm³/mol. The lowest BCUT2D eigenvalue weighted by molar-refractivity contribution is -0.138. The molecule has 0 amide bonds. The Bertz CT molecular complexity index is 1150. The number of aryl methyl sites for hydroxylation is 2. The van der Waals surface area contributed by atoms with Gasteiger partial charge in [0.05, 0.1) is 17.5 Å². The van der Waals surface area contributed by atoms with Crippen LogP contribution >= 0.6 is 22.9 Å². The molecule has 3 heterocycles. The Morgan fingerprint density at radius 2 is 2.08 bits per heavy atom. The highest BCUT2D eigenvalue weighted by atomic mass is 35.5. The first-order valence-electron chi connectivity index (χ1n) is 7.74. The lowest BCUT2D eigenvalue weighted by Gasteiger charge is -2.11. The lowest BCUT2D eigenvalue weighted by Crippen LogP contribution is -2.25. The zero-order chi connectivity index (χ0) is 18.6. The monoisotopic (exact) mass is 401 g/mol. The average Bonchev–Trinajstić information content (AvgIpc) is 3.10. The Labute approximate surface area is 153 Å². The van der Waals surface area contributed by atoms with Gasteiger partial charge in [-0.2, -0.15) is 13.2 Å². The molecule has 0 atom stereocenters. The van der Waals surface area contributed by atoms with Gasteiger partial charge in [-0.1, -0.05) is 11.6 Å². The van der Waals surface area contributed by atoms with E-state index in [4.69, 9.17) is 11.6 Å². The van der Waals surface area contributed by atoms with Gasteiger partial charge in [0.1, 0.15) is 15.7 Å². The molecule has 5 nitrogen and oxygen atoms in total. The molecular weight excluding hydrogens is 391 g/mol. The second-order valence-corrected chi connectivity index (χ2v) is 7.55. The largest absolute Gasteiger partial charge is 0.417 e. The highest BCUT2D eigenvalue weighted by Crippen LogP contribution is 2.34. The van der Waals surface area contributed by atoms with Crippen molar-refractivity contribution < 1.29 is 13.2 Å². The Morgan fingerprint density at radius 3 is 2.81 bits per heavy atom. The second kappa shape index (κ2) is 5.95. The minimum Gasteiger partial charge on any atom is -0.308 e. The number of nitrogens with zero attached hydrogens (tertiary/aromatic N) is 2. The SMILES string of the molecule is O=c1[nH]c(Cn2cc(C(F)(F)F)cc(Cl)c2=O)nc2sc3c(c12)CCC3. The highest BCUT2D eigenvalue weighted by Gasteiger charge is 2.32. The number of alkyl halides is 3. The van der Waals surface area contributed by atoms with E-state index >= 15 is 0 Å². The lowest BCUT2D eigenvalue weighted by atomic mass is 10.2. The molecule has 0 unspecified atom stereocenters. The van der Waals surface area contributed by atoms with Crippen LogP contribution in [0.3, 0.4) is 0 Å². The summed E-state index contributed by atoms with van der Waals surface area (Å²) < 4.78 is 39.6. The van der Waals surface area contributed by atoms with Gasteiger partial charge in [-0.05, 0) is 30.9 Å². The number of aromatic amines is 1. The molecule has 4 rings (SSSR count). The molecule has 0 bridgehead atoms. The molecule has 1 N–H and O–H groups in total. The van der Waals surface area contributed by atoms with Crippen molar-refractivity contribution in [1.82, 2.24) is 14.5 Å². The maximum atomic E-state index is 12.9. The first kappa shape index (κ1) is 17.3. The van der Waals surface area contributed by atoms with Crippen molar-refractivity contribution in [3.8, 4) is 0 Å². The van der Waals surface area contributed by atoms with Gasteiger partial charge in [0.25, 0.3) is 11.1 Å². The van der Waals surface area contributed by atoms with Gasteiger partial charge in [0.2, 0.25) is 0 Å². The van der Waals surface area contributed by atoms with Crippen molar-refractivity contribution in [3.63, 3.8) is 0 Å². The number of rotatable bonds is 2. The summed E-state index contributed by atoms with van der Waals surface area (Å²) in [6.07, 6.45) is -1.25. The number of hydrogen-bond donors (Lipinski definition) is 1. The molecule has 0 fully saturated rings. The maximum absolute atomic E-state index is 12.9. The molecule has 0 saturated heterocycles. The molecule has 0 aliphatic heterocycles. The molecule has 0 radical (unpaired) electrons. The van der Waals surface area contributed by atoms with E-state index in [0.717, 1.165) is 34.3 Å². The molecule has 10 heteroatoms. The standard InChI is InChI=1S/C16H11ClF3N3O2S/c17-9-4-7(16(18,19)20)5-23(15(9)25)6-11-21-13(24)12-8-2-1-3-10(8)26-14(12)22-11/h4-5H,1-3,6H2,(H,21,22,24). The van der Waals surface area contributed by atoms with Crippen LogP contribution in [0.4, 0.5) is 13.2 Å². The number of nitrogens with one attached hydrogen (secondary N) is 1. The smallest absolute Gasteiger partial charge is 0.308 e. The van der Waals surface area contributed by atoms with Crippen molar-refractivity contribution in [1.29, 1.82) is 0 Å². The fourth-order valence-corrected chi connectivity index (χ4v) is 4.66. The number of hydrogen-bond acceptors (Lipinski definition) is 4. The van der Waals surface area contributed by atoms with Gasteiger partial charge in [-0.3, -0.25) is 9.59 Å². The van der Waals surface area contributed by atoms with Gasteiger partial charge in [0.15, 0.2) is 0 Å². The third-order valence-corrected chi connectivity index (χ3v) is 5.77. The van der Waals surface area contributed by atoms with E-state index < -0.39 is 22.3 Å². The van der Waals surface area contributed by atoms with Crippen molar-refractivity contribution in [3.05, 3.63) is 59.8 Å². The number of H-pyrrole nitrogens is 1. The van der Waals surface area contributed by atoms with E-state index in [9.17, 15) is 22.8 Å². The molecule has 26 heavy (non-hydrogen) atoms. The number of thiophene rings is 1. The first-order valence-corrected chi connectivity index (χ1v) is 8.94. The summed E-state index contributed by atoms with van der Waals surface area (Å²) in [6.45, 7) is -0.309. The van der Waals surface area contributed by atoms with Gasteiger partial charge in [-0.25, -0.2) is 4.98 Å². The molecule has 0 aromatic carbocycles. The Kier molecular flexibility index (Phi) is 3.96. The minimum atomic E-state index is -4.64. The van der Waals surface area contributed by atoms with Crippen LogP contribution < -0.4 is 11.1 Å². The summed E-state index contributed by atoms with van der Waals surface area (Å²) >= 11 is 7.06. The molecular formula is C16H11ClF3N3O2S. The molecule has 136 valence electrons. The van der Waals surface area contributed by atoms with Gasteiger partial charge in [-0.15, -0.1) is 11.3 Å². The quantitative estimate of drug-likeness (QED) is 0.716. The van der Waals surface area contributed by atoms with E-state index in [0.29, 0.717) is 22.5 Å². The van der Waals surface area contributed by atoms with Crippen LogP contribution in [0.1, 0.15) is 28.2 Å². The van der Waals surface area contributed by atoms with Crippen LogP contribution in [0.15, 0.2) is 21.9 Å². The number of pyridine rings is 1. The van der Waals surface area contributed by atoms with Gasteiger partial charge in [0, 0.05) is 11.1 Å². The van der Waals surface area contributed by atoms with Crippen LogP contribution in [0.2, 0.25) is 5.02 Å². The average molecular weight is 402 g/mol. The third kappa shape index (κ3) is 2.84. The zero-order valence-corrected chi connectivity index (χ0v) is 14.7. The first-order chi connectivity index (χ1) is 12.2. The van der Waals surface area contributed by atoms with E-state index in [-0.39, 0.29) is 17.9 Å². The summed E-state index contributed by atoms with van der Waals surface area (Å²) in [6, 6.07) is 0.587. The van der Waals surface area contributed by atoms with Gasteiger partial charge < -0.3 is 9.55 Å². The van der Waals surface area contributed by atoms with E-state index in [1.54, 1.807) is 0 Å². The van der Waals surface area contributed by atoms with Crippen molar-refractivity contribution in [2.45, 2.75) is 32.0 Å². The molecule has 0 saturated carbocycles. The van der Waals surface area contributed by atoms with Gasteiger partial charge >= 0.3 is 6.18 Å². The van der Waals surface area contributed by atoms with Crippen molar-refractivity contribution in [2.24, 2.45) is 0 Å². The summed E-state index contributed by atoms with van der Waals surface area (Å²) in [7, 11) is 0. The maximum Gasteiger partial charge on any atom is 0.417 e. The summed E-state index contributed by atoms with van der Waals surface area (Å²) in [5.41, 5.74) is -1.16. The second-order valence-electron chi connectivity index (χ2n) is 6.06. The summed E-state index contributed by atoms with van der Waals surface area (Å²) in [4.78, 5) is 33.0. The minimum absolute atomic E-state index is 0.111. The third-order valence-electron chi connectivity index (χ3n) is 4.31. The summed E-state index contributed by atoms with van der Waals surface area (Å²) in [5, 5.41) is -0.000906. The highest BCUT2D eigenvalue weighted by molar-refractivity contribution is 7.18. The zero-order valence-electron chi connectivity index (χ0n) is 13.1. The Morgan fingerprint density at radius 1 is 1.31 bits per heavy atom. The van der Waals surface area contributed by atoms with Crippen molar-refractivity contribution >= 4 is 33.2 Å². The number of fused-ring (bicyclic) bond motifs is 3. The molecule has 1 aliphatic rings. The molecule has 3 aromatic rings. The number of halogens is 4. The fraction of sp³-hybridized carbons (Fsp3) is 0.312. The van der Waals surface area contributed by atoms with Crippen LogP contribution in [0.25, 0.3) is 10.2 Å². The fourth-order valence-electron chi connectivity index (χ4n) is 3.15. The van der Waals surface area contributed by atoms with Crippen LogP contribution in [0.5, 0.6) is 0 Å². The molecule has 3 aromatic heterocycles. The van der Waals surface area contributed by atoms with Crippen molar-refractivity contribution in [2.75, 3.05) is 0 Å². The number of aromatic nitrogens is 3. The van der Waals surface area contributed by atoms with Crippen LogP contribution in [-0.2, 0) is 25.6 Å². The van der Waals surface area contributed by atoms with E-state index in [1.165, 1.54) is 11.3 Å².